The lowest BCUT2D eigenvalue weighted by Crippen LogP contribution is -2.47. The lowest BCUT2D eigenvalue weighted by molar-refractivity contribution is -0.131. The Morgan fingerprint density at radius 2 is 1.56 bits per heavy atom. The third kappa shape index (κ3) is 1.56. The summed E-state index contributed by atoms with van der Waals surface area (Å²) in [6.07, 6.45) is 0. The molecule has 2 rings (SSSR count). The Morgan fingerprint density at radius 3 is 2.11 bits per heavy atom. The van der Waals surface area contributed by atoms with E-state index in [1.807, 2.05) is 44.2 Å². The zero-order chi connectivity index (χ0) is 13.5. The fourth-order valence-corrected chi connectivity index (χ4v) is 2.69. The number of ketones is 2. The molecule has 0 saturated heterocycles. The fourth-order valence-electron chi connectivity index (χ4n) is 2.69. The van der Waals surface area contributed by atoms with Crippen molar-refractivity contribution in [3.8, 4) is 0 Å². The van der Waals surface area contributed by atoms with Gasteiger partial charge in [-0.1, -0.05) is 37.3 Å². The molecule has 1 aliphatic carbocycles. The van der Waals surface area contributed by atoms with Gasteiger partial charge in [0.05, 0.1) is 5.41 Å². The van der Waals surface area contributed by atoms with Crippen molar-refractivity contribution in [3.63, 3.8) is 0 Å². The molecule has 0 aromatic heterocycles. The average molecular weight is 242 g/mol. The Morgan fingerprint density at radius 1 is 1.00 bits per heavy atom. The van der Waals surface area contributed by atoms with Crippen molar-refractivity contribution in [3.05, 3.63) is 47.0 Å². The minimum atomic E-state index is -0.734. The first-order valence-corrected chi connectivity index (χ1v) is 6.22. The standard InChI is InChI=1S/C16H18O2/c1-10-11(2)15(18)16(4,12(3)14(10)17)13-8-6-5-7-9-13/h5-9,12H,1-4H3/t12-,16-/m1/s1. The molecule has 0 fully saturated rings. The molecule has 1 aromatic carbocycles. The summed E-state index contributed by atoms with van der Waals surface area (Å²) < 4.78 is 0. The van der Waals surface area contributed by atoms with Crippen LogP contribution in [-0.4, -0.2) is 11.6 Å². The van der Waals surface area contributed by atoms with Crippen LogP contribution in [0.5, 0.6) is 0 Å². The highest BCUT2D eigenvalue weighted by atomic mass is 16.1. The average Bonchev–Trinajstić information content (AvgIpc) is 2.42. The third-order valence-electron chi connectivity index (χ3n) is 4.38. The second-order valence-electron chi connectivity index (χ2n) is 5.23. The van der Waals surface area contributed by atoms with Crippen LogP contribution in [0.3, 0.4) is 0 Å². The summed E-state index contributed by atoms with van der Waals surface area (Å²) in [4.78, 5) is 24.9. The maximum absolute atomic E-state index is 12.6. The monoisotopic (exact) mass is 242 g/mol. The first kappa shape index (κ1) is 12.7. The van der Waals surface area contributed by atoms with E-state index >= 15 is 0 Å². The lowest BCUT2D eigenvalue weighted by atomic mass is 9.62. The van der Waals surface area contributed by atoms with Crippen molar-refractivity contribution < 1.29 is 9.59 Å². The highest BCUT2D eigenvalue weighted by Crippen LogP contribution is 2.41. The zero-order valence-corrected chi connectivity index (χ0v) is 11.3. The van der Waals surface area contributed by atoms with E-state index in [2.05, 4.69) is 0 Å². The van der Waals surface area contributed by atoms with Crippen molar-refractivity contribution in [2.45, 2.75) is 33.1 Å². The van der Waals surface area contributed by atoms with Crippen LogP contribution in [0.4, 0.5) is 0 Å². The molecule has 0 N–H and O–H groups in total. The van der Waals surface area contributed by atoms with Crippen molar-refractivity contribution in [2.75, 3.05) is 0 Å². The number of hydrogen-bond donors (Lipinski definition) is 0. The number of carbonyl (C=O) groups excluding carboxylic acids is 2. The van der Waals surface area contributed by atoms with E-state index < -0.39 is 5.41 Å². The maximum Gasteiger partial charge on any atom is 0.169 e. The van der Waals surface area contributed by atoms with Crippen LogP contribution in [0.1, 0.15) is 33.3 Å². The van der Waals surface area contributed by atoms with Crippen LogP contribution in [0.2, 0.25) is 0 Å². The Balaban J connectivity index is 2.65. The van der Waals surface area contributed by atoms with Gasteiger partial charge in [0.1, 0.15) is 0 Å². The van der Waals surface area contributed by atoms with Gasteiger partial charge in [-0.25, -0.2) is 0 Å². The predicted octanol–water partition coefficient (Wildman–Crippen LogP) is 3.07. The van der Waals surface area contributed by atoms with Crippen LogP contribution in [0.25, 0.3) is 0 Å². The molecule has 0 unspecified atom stereocenters. The van der Waals surface area contributed by atoms with Gasteiger partial charge in [-0.3, -0.25) is 9.59 Å². The summed E-state index contributed by atoms with van der Waals surface area (Å²) in [5, 5.41) is 0. The van der Waals surface area contributed by atoms with Crippen LogP contribution >= 0.6 is 0 Å². The van der Waals surface area contributed by atoms with Gasteiger partial charge in [0.15, 0.2) is 11.6 Å². The van der Waals surface area contributed by atoms with E-state index in [0.717, 1.165) is 5.56 Å². The van der Waals surface area contributed by atoms with Gasteiger partial charge in [-0.05, 0) is 37.5 Å². The van der Waals surface area contributed by atoms with Crippen molar-refractivity contribution >= 4 is 11.6 Å². The van der Waals surface area contributed by atoms with Crippen molar-refractivity contribution in [1.82, 2.24) is 0 Å². The number of Topliss-reactive ketones (excluding diaryl/α,β-unsaturated/α-hetero) is 2. The van der Waals surface area contributed by atoms with Crippen LogP contribution < -0.4 is 0 Å². The van der Waals surface area contributed by atoms with E-state index in [9.17, 15) is 9.59 Å². The molecule has 2 atom stereocenters. The molecule has 94 valence electrons. The molecule has 1 aliphatic rings. The molecule has 0 heterocycles. The molecular formula is C16H18O2. The number of hydrogen-bond acceptors (Lipinski definition) is 2. The van der Waals surface area contributed by atoms with Crippen LogP contribution in [0, 0.1) is 5.92 Å². The maximum atomic E-state index is 12.6. The van der Waals surface area contributed by atoms with Gasteiger partial charge in [0.2, 0.25) is 0 Å². The third-order valence-corrected chi connectivity index (χ3v) is 4.38. The van der Waals surface area contributed by atoms with E-state index in [1.54, 1.807) is 13.8 Å². The first-order chi connectivity index (χ1) is 8.40. The minimum Gasteiger partial charge on any atom is -0.294 e. The second kappa shape index (κ2) is 4.20. The largest absolute Gasteiger partial charge is 0.294 e. The van der Waals surface area contributed by atoms with E-state index in [1.165, 1.54) is 0 Å². The van der Waals surface area contributed by atoms with Gasteiger partial charge in [0.25, 0.3) is 0 Å². The van der Waals surface area contributed by atoms with Gasteiger partial charge < -0.3 is 0 Å². The number of carbonyl (C=O) groups is 2. The van der Waals surface area contributed by atoms with Gasteiger partial charge in [0, 0.05) is 5.92 Å². The minimum absolute atomic E-state index is 0.0679. The Hall–Kier alpha value is -1.70. The number of rotatable bonds is 1. The zero-order valence-electron chi connectivity index (χ0n) is 11.3. The smallest absolute Gasteiger partial charge is 0.169 e. The topological polar surface area (TPSA) is 34.1 Å². The fraction of sp³-hybridized carbons (Fsp3) is 0.375. The van der Waals surface area contributed by atoms with E-state index in [4.69, 9.17) is 0 Å². The second-order valence-corrected chi connectivity index (χ2v) is 5.23. The first-order valence-electron chi connectivity index (χ1n) is 6.22. The Kier molecular flexibility index (Phi) is 2.97. The van der Waals surface area contributed by atoms with Crippen molar-refractivity contribution in [1.29, 1.82) is 0 Å². The highest BCUT2D eigenvalue weighted by Gasteiger charge is 2.48. The molecule has 1 aromatic rings. The Bertz CT molecular complexity index is 539. The lowest BCUT2D eigenvalue weighted by Gasteiger charge is -2.38. The van der Waals surface area contributed by atoms with Crippen LogP contribution in [-0.2, 0) is 15.0 Å². The molecule has 0 aliphatic heterocycles. The van der Waals surface area contributed by atoms with E-state index in [-0.39, 0.29) is 17.5 Å². The molecular weight excluding hydrogens is 224 g/mol. The molecule has 0 spiro atoms. The highest BCUT2D eigenvalue weighted by molar-refractivity contribution is 6.17. The van der Waals surface area contributed by atoms with Gasteiger partial charge in [-0.15, -0.1) is 0 Å². The van der Waals surface area contributed by atoms with Crippen LogP contribution in [0.15, 0.2) is 41.5 Å². The normalized spacial score (nSPS) is 28.8. The molecule has 2 nitrogen and oxygen atoms in total. The quantitative estimate of drug-likeness (QED) is 0.758. The SMILES string of the molecule is CC1=C(C)C(=O)[C@@](C)(c2ccccc2)[C@H](C)C1=O. The Labute approximate surface area is 108 Å². The van der Waals surface area contributed by atoms with E-state index in [0.29, 0.717) is 11.1 Å². The van der Waals surface area contributed by atoms with Gasteiger partial charge in [-0.2, -0.15) is 0 Å². The summed E-state index contributed by atoms with van der Waals surface area (Å²) >= 11 is 0. The van der Waals surface area contributed by atoms with Crippen molar-refractivity contribution in [2.24, 2.45) is 5.92 Å². The molecule has 0 radical (unpaired) electrons. The molecule has 2 heteroatoms. The number of allylic oxidation sites excluding steroid dienone is 2. The summed E-state index contributed by atoms with van der Waals surface area (Å²) in [7, 11) is 0. The summed E-state index contributed by atoms with van der Waals surface area (Å²) in [5.41, 5.74) is 1.40. The number of benzene rings is 1. The molecule has 18 heavy (non-hydrogen) atoms. The molecule has 0 saturated carbocycles. The van der Waals surface area contributed by atoms with Gasteiger partial charge >= 0.3 is 0 Å². The predicted molar refractivity (Wildman–Crippen MR) is 71.3 cm³/mol. The summed E-state index contributed by atoms with van der Waals surface area (Å²) in [6.45, 7) is 7.23. The molecule has 0 bridgehead atoms. The summed E-state index contributed by atoms with van der Waals surface area (Å²) in [6, 6.07) is 9.59. The summed E-state index contributed by atoms with van der Waals surface area (Å²) in [5.74, 6) is -0.159. The molecule has 0 amide bonds.